The molecule has 0 saturated carbocycles. The number of benzene rings is 2. The number of rotatable bonds is 0. The molecule has 2 aromatic carbocycles. The standard InChI is InChI=1S/C10H10N2O2.C8H6N2O2/c1-11-8-6-4-3-5-7(8)9(13)12(2)10(11)14;11-7-5-3-1-2-4-6(5)9-8(12)10-7/h3-6H,1-2H3;1-4H,(H2,9,10,11,12). The van der Waals surface area contributed by atoms with E-state index in [0.717, 1.165) is 4.57 Å². The van der Waals surface area contributed by atoms with Crippen LogP contribution < -0.4 is 22.5 Å². The van der Waals surface area contributed by atoms with E-state index in [1.54, 1.807) is 55.6 Å². The molecule has 0 aliphatic heterocycles. The van der Waals surface area contributed by atoms with E-state index in [4.69, 9.17) is 0 Å². The third kappa shape index (κ3) is 3.00. The number of aromatic nitrogens is 4. The zero-order chi connectivity index (χ0) is 18.8. The Hall–Kier alpha value is -3.68. The Morgan fingerprint density at radius 1 is 0.731 bits per heavy atom. The van der Waals surface area contributed by atoms with E-state index in [0.29, 0.717) is 21.8 Å². The van der Waals surface area contributed by atoms with E-state index in [2.05, 4.69) is 9.97 Å². The molecule has 2 N–H and O–H groups in total. The Balaban J connectivity index is 0.000000152. The summed E-state index contributed by atoms with van der Waals surface area (Å²) in [4.78, 5) is 49.8. The molecule has 0 atom stereocenters. The van der Waals surface area contributed by atoms with Crippen LogP contribution in [0.5, 0.6) is 0 Å². The summed E-state index contributed by atoms with van der Waals surface area (Å²) in [6.07, 6.45) is 0. The number of fused-ring (bicyclic) bond motifs is 2. The van der Waals surface area contributed by atoms with Crippen molar-refractivity contribution in [3.63, 3.8) is 0 Å². The van der Waals surface area contributed by atoms with Gasteiger partial charge in [-0.3, -0.25) is 23.7 Å². The molecular formula is C18H16N4O4. The maximum atomic E-state index is 11.7. The molecule has 4 rings (SSSR count). The van der Waals surface area contributed by atoms with Crippen LogP contribution in [0.3, 0.4) is 0 Å². The number of nitrogens with zero attached hydrogens (tertiary/aromatic N) is 2. The van der Waals surface area contributed by atoms with E-state index in [1.807, 2.05) is 0 Å². The van der Waals surface area contributed by atoms with Gasteiger partial charge in [-0.25, -0.2) is 9.59 Å². The van der Waals surface area contributed by atoms with Crippen molar-refractivity contribution in [2.45, 2.75) is 0 Å². The maximum absolute atomic E-state index is 11.7. The normalized spacial score (nSPS) is 10.5. The van der Waals surface area contributed by atoms with Crippen LogP contribution in [0.4, 0.5) is 0 Å². The Kier molecular flexibility index (Phi) is 4.40. The van der Waals surface area contributed by atoms with Crippen molar-refractivity contribution < 1.29 is 0 Å². The molecule has 0 spiro atoms. The molecule has 0 aliphatic rings. The van der Waals surface area contributed by atoms with Crippen LogP contribution >= 0.6 is 0 Å². The van der Waals surface area contributed by atoms with Crippen LogP contribution in [0.15, 0.2) is 67.7 Å². The van der Waals surface area contributed by atoms with Crippen molar-refractivity contribution in [2.24, 2.45) is 14.1 Å². The van der Waals surface area contributed by atoms with Gasteiger partial charge in [0.1, 0.15) is 0 Å². The summed E-state index contributed by atoms with van der Waals surface area (Å²) in [6, 6.07) is 13.9. The molecule has 26 heavy (non-hydrogen) atoms. The third-order valence-corrected chi connectivity index (χ3v) is 4.02. The lowest BCUT2D eigenvalue weighted by atomic mass is 10.2. The molecule has 8 nitrogen and oxygen atoms in total. The summed E-state index contributed by atoms with van der Waals surface area (Å²) < 4.78 is 2.58. The first kappa shape index (κ1) is 17.2. The van der Waals surface area contributed by atoms with Gasteiger partial charge in [-0.15, -0.1) is 0 Å². The summed E-state index contributed by atoms with van der Waals surface area (Å²) in [5.74, 6) is 0. The Morgan fingerprint density at radius 2 is 1.35 bits per heavy atom. The highest BCUT2D eigenvalue weighted by molar-refractivity contribution is 5.77. The lowest BCUT2D eigenvalue weighted by molar-refractivity contribution is 0.713. The van der Waals surface area contributed by atoms with Gasteiger partial charge in [0.05, 0.1) is 21.8 Å². The molecular weight excluding hydrogens is 336 g/mol. The first-order valence-corrected chi connectivity index (χ1v) is 7.76. The fourth-order valence-corrected chi connectivity index (χ4v) is 2.66. The first-order chi connectivity index (χ1) is 12.4. The number of aromatic amines is 2. The monoisotopic (exact) mass is 352 g/mol. The maximum Gasteiger partial charge on any atom is 0.330 e. The number of aryl methyl sites for hydroxylation is 1. The highest BCUT2D eigenvalue weighted by Gasteiger charge is 2.05. The molecule has 0 unspecified atom stereocenters. The van der Waals surface area contributed by atoms with Crippen molar-refractivity contribution in [3.05, 3.63) is 90.2 Å². The van der Waals surface area contributed by atoms with Gasteiger partial charge in [-0.2, -0.15) is 0 Å². The predicted molar refractivity (Wildman–Crippen MR) is 99.6 cm³/mol. The van der Waals surface area contributed by atoms with Crippen LogP contribution in [-0.2, 0) is 14.1 Å². The van der Waals surface area contributed by atoms with E-state index in [-0.39, 0.29) is 16.8 Å². The molecule has 0 aliphatic carbocycles. The molecule has 2 aromatic heterocycles. The second-order valence-electron chi connectivity index (χ2n) is 5.68. The number of nitrogens with one attached hydrogen (secondary N) is 2. The minimum Gasteiger partial charge on any atom is -0.307 e. The van der Waals surface area contributed by atoms with Gasteiger partial charge in [0.25, 0.3) is 11.1 Å². The van der Waals surface area contributed by atoms with Gasteiger partial charge in [0, 0.05) is 14.1 Å². The quantitative estimate of drug-likeness (QED) is 0.479. The van der Waals surface area contributed by atoms with Gasteiger partial charge in [-0.1, -0.05) is 24.3 Å². The average molecular weight is 352 g/mol. The van der Waals surface area contributed by atoms with Gasteiger partial charge in [0.2, 0.25) is 0 Å². The van der Waals surface area contributed by atoms with Crippen molar-refractivity contribution in [3.8, 4) is 0 Å². The van der Waals surface area contributed by atoms with Crippen LogP contribution in [0.1, 0.15) is 0 Å². The van der Waals surface area contributed by atoms with E-state index in [9.17, 15) is 19.2 Å². The van der Waals surface area contributed by atoms with E-state index in [1.165, 1.54) is 11.6 Å². The summed E-state index contributed by atoms with van der Waals surface area (Å²) in [6.45, 7) is 0. The van der Waals surface area contributed by atoms with E-state index < -0.39 is 5.69 Å². The second kappa shape index (κ2) is 6.67. The lowest BCUT2D eigenvalue weighted by Crippen LogP contribution is -2.36. The zero-order valence-corrected chi connectivity index (χ0v) is 14.1. The number of para-hydroxylation sites is 2. The Morgan fingerprint density at radius 3 is 2.08 bits per heavy atom. The third-order valence-electron chi connectivity index (χ3n) is 4.02. The van der Waals surface area contributed by atoms with Gasteiger partial charge in [-0.05, 0) is 24.3 Å². The topological polar surface area (TPSA) is 110 Å². The molecule has 0 radical (unpaired) electrons. The smallest absolute Gasteiger partial charge is 0.307 e. The lowest BCUT2D eigenvalue weighted by Gasteiger charge is -2.05. The first-order valence-electron chi connectivity index (χ1n) is 7.76. The van der Waals surface area contributed by atoms with E-state index >= 15 is 0 Å². The summed E-state index contributed by atoms with van der Waals surface area (Å²) >= 11 is 0. The summed E-state index contributed by atoms with van der Waals surface area (Å²) in [5.41, 5.74) is -0.141. The second-order valence-corrected chi connectivity index (χ2v) is 5.68. The van der Waals surface area contributed by atoms with Gasteiger partial charge >= 0.3 is 11.4 Å². The fraction of sp³-hybridized carbons (Fsp3) is 0.111. The number of H-pyrrole nitrogens is 2. The van der Waals surface area contributed by atoms with Crippen molar-refractivity contribution in [2.75, 3.05) is 0 Å². The fourth-order valence-electron chi connectivity index (χ4n) is 2.66. The molecule has 0 saturated heterocycles. The Labute approximate surface area is 146 Å². The van der Waals surface area contributed by atoms with Crippen LogP contribution in [0, 0.1) is 0 Å². The van der Waals surface area contributed by atoms with Crippen LogP contribution in [0.25, 0.3) is 21.8 Å². The SMILES string of the molecule is Cn1c(=O)c2ccccc2n(C)c1=O.O=c1[nH]c(=O)c2ccccc2[nH]1. The Bertz CT molecular complexity index is 1340. The molecule has 8 heteroatoms. The predicted octanol–water partition coefficient (Wildman–Crippen LogP) is 0.454. The van der Waals surface area contributed by atoms with Gasteiger partial charge < -0.3 is 4.98 Å². The molecule has 4 aromatic rings. The minimum atomic E-state index is -0.473. The summed E-state index contributed by atoms with van der Waals surface area (Å²) in [5, 5.41) is 1.06. The molecule has 0 amide bonds. The zero-order valence-electron chi connectivity index (χ0n) is 14.1. The average Bonchev–Trinajstić information content (AvgIpc) is 2.65. The molecule has 0 bridgehead atoms. The number of hydrogen-bond donors (Lipinski definition) is 2. The molecule has 132 valence electrons. The van der Waals surface area contributed by atoms with Gasteiger partial charge in [0.15, 0.2) is 0 Å². The largest absolute Gasteiger partial charge is 0.330 e. The van der Waals surface area contributed by atoms with Crippen molar-refractivity contribution in [1.29, 1.82) is 0 Å². The highest BCUT2D eigenvalue weighted by Crippen LogP contribution is 2.04. The van der Waals surface area contributed by atoms with Crippen molar-refractivity contribution >= 4 is 21.8 Å². The summed E-state index contributed by atoms with van der Waals surface area (Å²) in [7, 11) is 3.14. The number of hydrogen-bond acceptors (Lipinski definition) is 4. The van der Waals surface area contributed by atoms with Crippen molar-refractivity contribution in [1.82, 2.24) is 19.1 Å². The molecule has 2 heterocycles. The highest BCUT2D eigenvalue weighted by atomic mass is 16.2. The van der Waals surface area contributed by atoms with Crippen LogP contribution in [-0.4, -0.2) is 19.1 Å². The minimum absolute atomic E-state index is 0.247. The van der Waals surface area contributed by atoms with Crippen LogP contribution in [0.2, 0.25) is 0 Å². The molecule has 0 fully saturated rings.